The number of rotatable bonds is 3. The average Bonchev–Trinajstić information content (AvgIpc) is 3.01. The summed E-state index contributed by atoms with van der Waals surface area (Å²) in [5, 5.41) is 3.14. The molecule has 1 aliphatic heterocycles. The second-order valence-corrected chi connectivity index (χ2v) is 8.37. The van der Waals surface area contributed by atoms with E-state index in [4.69, 9.17) is 35.4 Å². The summed E-state index contributed by atoms with van der Waals surface area (Å²) >= 11 is 17.3. The number of halogens is 3. The molecule has 1 N–H and O–H groups in total. The van der Waals surface area contributed by atoms with E-state index in [1.807, 2.05) is 30.5 Å². The molecule has 5 nitrogen and oxygen atoms in total. The number of thiocarbonyl (C=S) groups is 1. The zero-order chi connectivity index (χ0) is 23.2. The number of aromatic nitrogens is 1. The molecule has 1 fully saturated rings. The first-order valence-electron chi connectivity index (χ1n) is 9.49. The Labute approximate surface area is 199 Å². The number of nitrogens with zero attached hydrogens (tertiary/aromatic N) is 2. The molecule has 0 unspecified atom stereocenters. The summed E-state index contributed by atoms with van der Waals surface area (Å²) in [5.74, 6) is -1.98. The number of hydrogen-bond donors (Lipinski definition) is 1. The van der Waals surface area contributed by atoms with Gasteiger partial charge in [0.15, 0.2) is 5.11 Å². The highest BCUT2D eigenvalue weighted by atomic mass is 35.5. The maximum absolute atomic E-state index is 14.3. The quantitative estimate of drug-likeness (QED) is 0.307. The summed E-state index contributed by atoms with van der Waals surface area (Å²) in [5.41, 5.74) is 2.88. The van der Waals surface area contributed by atoms with Crippen LogP contribution in [0.5, 0.6) is 0 Å². The summed E-state index contributed by atoms with van der Waals surface area (Å²) in [6.45, 7) is 3.74. The Kier molecular flexibility index (Phi) is 5.90. The summed E-state index contributed by atoms with van der Waals surface area (Å²) in [6.07, 6.45) is 1.48. The van der Waals surface area contributed by atoms with Gasteiger partial charge in [0.1, 0.15) is 11.4 Å². The number of amides is 2. The van der Waals surface area contributed by atoms with Crippen molar-refractivity contribution in [1.29, 1.82) is 0 Å². The van der Waals surface area contributed by atoms with Crippen molar-refractivity contribution in [3.8, 4) is 5.69 Å². The molecule has 32 heavy (non-hydrogen) atoms. The lowest BCUT2D eigenvalue weighted by atomic mass is 10.1. The maximum atomic E-state index is 14.3. The zero-order valence-electron chi connectivity index (χ0n) is 16.9. The first-order valence-corrected chi connectivity index (χ1v) is 10.7. The highest BCUT2D eigenvalue weighted by molar-refractivity contribution is 7.80. The van der Waals surface area contributed by atoms with Crippen LogP contribution in [0.4, 0.5) is 10.1 Å². The van der Waals surface area contributed by atoms with Crippen molar-refractivity contribution >= 4 is 64.1 Å². The largest absolute Gasteiger partial charge is 0.318 e. The molecule has 0 radical (unpaired) electrons. The lowest BCUT2D eigenvalue weighted by Crippen LogP contribution is -2.54. The molecule has 9 heteroatoms. The summed E-state index contributed by atoms with van der Waals surface area (Å²) < 4.78 is 16.3. The average molecular weight is 488 g/mol. The molecule has 1 aromatic heterocycles. The molecule has 0 spiro atoms. The van der Waals surface area contributed by atoms with E-state index in [0.29, 0.717) is 15.6 Å². The molecule has 0 aliphatic carbocycles. The van der Waals surface area contributed by atoms with Gasteiger partial charge in [-0.1, -0.05) is 35.3 Å². The highest BCUT2D eigenvalue weighted by Crippen LogP contribution is 2.30. The Morgan fingerprint density at radius 1 is 1.03 bits per heavy atom. The number of benzene rings is 2. The van der Waals surface area contributed by atoms with Gasteiger partial charge in [0.25, 0.3) is 11.8 Å². The van der Waals surface area contributed by atoms with Gasteiger partial charge in [0.05, 0.1) is 15.7 Å². The lowest BCUT2D eigenvalue weighted by molar-refractivity contribution is -0.122. The van der Waals surface area contributed by atoms with Gasteiger partial charge >= 0.3 is 0 Å². The zero-order valence-corrected chi connectivity index (χ0v) is 19.3. The second-order valence-electron chi connectivity index (χ2n) is 7.17. The van der Waals surface area contributed by atoms with Gasteiger partial charge in [-0.2, -0.15) is 0 Å². The second kappa shape index (κ2) is 8.50. The molecule has 2 aromatic carbocycles. The fourth-order valence-corrected chi connectivity index (χ4v) is 4.19. The molecule has 0 saturated carbocycles. The topological polar surface area (TPSA) is 54.3 Å². The van der Waals surface area contributed by atoms with Crippen molar-refractivity contribution < 1.29 is 14.0 Å². The van der Waals surface area contributed by atoms with Crippen LogP contribution in [0, 0.1) is 19.7 Å². The summed E-state index contributed by atoms with van der Waals surface area (Å²) in [7, 11) is 0. The van der Waals surface area contributed by atoms with E-state index in [0.717, 1.165) is 22.0 Å². The smallest absolute Gasteiger partial charge is 0.270 e. The van der Waals surface area contributed by atoms with Crippen LogP contribution in [-0.2, 0) is 9.59 Å². The molecule has 1 aliphatic rings. The predicted molar refractivity (Wildman–Crippen MR) is 128 cm³/mol. The van der Waals surface area contributed by atoms with Gasteiger partial charge in [0.2, 0.25) is 0 Å². The molecule has 2 amide bonds. The van der Waals surface area contributed by atoms with Crippen molar-refractivity contribution in [2.24, 2.45) is 0 Å². The van der Waals surface area contributed by atoms with E-state index in [2.05, 4.69) is 5.32 Å². The third kappa shape index (κ3) is 3.83. The number of carbonyl (C=O) groups excluding carboxylic acids is 2. The Balaban J connectivity index is 1.78. The number of para-hydroxylation sites is 1. The van der Waals surface area contributed by atoms with Crippen LogP contribution in [0.25, 0.3) is 11.8 Å². The minimum absolute atomic E-state index is 0.0327. The number of nitrogens with one attached hydrogen (secondary N) is 1. The molecule has 4 rings (SSSR count). The van der Waals surface area contributed by atoms with Gasteiger partial charge in [-0.3, -0.25) is 14.9 Å². The molecule has 0 bridgehead atoms. The monoisotopic (exact) mass is 487 g/mol. The molecule has 0 atom stereocenters. The van der Waals surface area contributed by atoms with Crippen molar-refractivity contribution in [2.75, 3.05) is 4.90 Å². The van der Waals surface area contributed by atoms with E-state index in [9.17, 15) is 14.0 Å². The maximum Gasteiger partial charge on any atom is 0.270 e. The molecule has 162 valence electrons. The normalized spacial score (nSPS) is 15.5. The summed E-state index contributed by atoms with van der Waals surface area (Å²) in [4.78, 5) is 26.7. The molecular weight excluding hydrogens is 472 g/mol. The Morgan fingerprint density at radius 3 is 2.44 bits per heavy atom. The van der Waals surface area contributed by atoms with Crippen molar-refractivity contribution in [1.82, 2.24) is 9.88 Å². The standard InChI is InChI=1S/C23H16Cl2FN3O2S/c1-12-9-14(13(2)28(12)15-7-8-17(24)18(25)11-15)10-16-21(30)27-23(32)29(22(16)31)20-6-4-3-5-19(20)26/h3-11H,1-2H3,(H,27,30,32)/b16-10-. The van der Waals surface area contributed by atoms with Gasteiger partial charge in [-0.25, -0.2) is 9.29 Å². The van der Waals surface area contributed by atoms with Crippen LogP contribution < -0.4 is 10.2 Å². The van der Waals surface area contributed by atoms with Gasteiger partial charge in [-0.05, 0) is 74.1 Å². The van der Waals surface area contributed by atoms with E-state index >= 15 is 0 Å². The first kappa shape index (κ1) is 22.2. The lowest BCUT2D eigenvalue weighted by Gasteiger charge is -2.29. The van der Waals surface area contributed by atoms with Crippen LogP contribution in [0.2, 0.25) is 10.0 Å². The fourth-order valence-electron chi connectivity index (χ4n) is 3.62. The van der Waals surface area contributed by atoms with Gasteiger partial charge in [-0.15, -0.1) is 0 Å². The van der Waals surface area contributed by atoms with Crippen LogP contribution in [0.15, 0.2) is 54.1 Å². The minimum atomic E-state index is -0.705. The van der Waals surface area contributed by atoms with E-state index < -0.39 is 17.6 Å². The first-order chi connectivity index (χ1) is 15.2. The third-order valence-corrected chi connectivity index (χ3v) is 6.15. The number of carbonyl (C=O) groups is 2. The fraction of sp³-hybridized carbons (Fsp3) is 0.0870. The number of hydrogen-bond acceptors (Lipinski definition) is 3. The van der Waals surface area contributed by atoms with Gasteiger partial charge in [0, 0.05) is 17.1 Å². The SMILES string of the molecule is Cc1cc(/C=C2/C(=O)NC(=S)N(c3ccccc3F)C2=O)c(C)n1-c1ccc(Cl)c(Cl)c1. The van der Waals surface area contributed by atoms with Gasteiger partial charge < -0.3 is 4.57 Å². The number of anilines is 1. The van der Waals surface area contributed by atoms with Crippen LogP contribution in [0.3, 0.4) is 0 Å². The molecular formula is C23H16Cl2FN3O2S. The molecule has 2 heterocycles. The van der Waals surface area contributed by atoms with E-state index in [1.165, 1.54) is 24.3 Å². The Hall–Kier alpha value is -3.00. The van der Waals surface area contributed by atoms with Crippen LogP contribution in [-0.4, -0.2) is 21.5 Å². The van der Waals surface area contributed by atoms with Crippen LogP contribution in [0.1, 0.15) is 17.0 Å². The molecule has 1 saturated heterocycles. The molecule has 3 aromatic rings. The van der Waals surface area contributed by atoms with Crippen molar-refractivity contribution in [3.05, 3.63) is 86.9 Å². The minimum Gasteiger partial charge on any atom is -0.318 e. The van der Waals surface area contributed by atoms with E-state index in [-0.39, 0.29) is 16.4 Å². The predicted octanol–water partition coefficient (Wildman–Crippen LogP) is 5.37. The van der Waals surface area contributed by atoms with Crippen LogP contribution >= 0.6 is 35.4 Å². The Morgan fingerprint density at radius 2 is 1.75 bits per heavy atom. The Bertz CT molecular complexity index is 1330. The van der Waals surface area contributed by atoms with Crippen molar-refractivity contribution in [3.63, 3.8) is 0 Å². The van der Waals surface area contributed by atoms with Crippen molar-refractivity contribution in [2.45, 2.75) is 13.8 Å². The summed E-state index contributed by atoms with van der Waals surface area (Å²) in [6, 6.07) is 12.8. The number of aryl methyl sites for hydroxylation is 1. The third-order valence-electron chi connectivity index (χ3n) is 5.13. The highest BCUT2D eigenvalue weighted by Gasteiger charge is 2.35. The van der Waals surface area contributed by atoms with E-state index in [1.54, 1.807) is 18.2 Å².